The maximum atomic E-state index is 11.7. The first-order chi connectivity index (χ1) is 11.1. The van der Waals surface area contributed by atoms with Gasteiger partial charge in [0.15, 0.2) is 11.3 Å². The number of hydrogen-bond donors (Lipinski definition) is 1. The number of carbonyl (C=O) groups is 1. The molecule has 0 fully saturated rings. The zero-order valence-corrected chi connectivity index (χ0v) is 13.0. The Kier molecular flexibility index (Phi) is 4.04. The van der Waals surface area contributed by atoms with Crippen molar-refractivity contribution in [1.82, 2.24) is 0 Å². The minimum Gasteiger partial charge on any atom is -0.493 e. The fourth-order valence-corrected chi connectivity index (χ4v) is 2.39. The lowest BCUT2D eigenvalue weighted by molar-refractivity contribution is 0.0996. The van der Waals surface area contributed by atoms with Gasteiger partial charge in [0, 0.05) is 10.4 Å². The molecule has 0 unspecified atom stereocenters. The molecule has 0 aliphatic carbocycles. The summed E-state index contributed by atoms with van der Waals surface area (Å²) < 4.78 is 11.1. The van der Waals surface area contributed by atoms with Gasteiger partial charge < -0.3 is 14.9 Å². The third-order valence-corrected chi connectivity index (χ3v) is 3.50. The number of hydrogen-bond acceptors (Lipinski definition) is 4. The standard InChI is InChI=1S/C17H13ClN2O3/c1-22-14-7-2-4-10-8-13(16(19)21)17(23-15(10)14)20-12-6-3-5-11(18)9-12/h2-9H,1H3,(H2,19,21). The van der Waals surface area contributed by atoms with Crippen molar-refractivity contribution in [3.05, 3.63) is 64.7 Å². The number of nitrogens with two attached hydrogens (primary N) is 1. The molecule has 1 amide bonds. The van der Waals surface area contributed by atoms with Crippen LogP contribution in [0.1, 0.15) is 10.4 Å². The first-order valence-electron chi connectivity index (χ1n) is 6.79. The summed E-state index contributed by atoms with van der Waals surface area (Å²) in [4.78, 5) is 16.1. The van der Waals surface area contributed by atoms with E-state index in [1.807, 2.05) is 0 Å². The van der Waals surface area contributed by atoms with Gasteiger partial charge in [0.05, 0.1) is 12.8 Å². The van der Waals surface area contributed by atoms with E-state index in [1.54, 1.807) is 55.6 Å². The minimum absolute atomic E-state index is 0.108. The van der Waals surface area contributed by atoms with E-state index in [9.17, 15) is 4.79 Å². The van der Waals surface area contributed by atoms with Crippen LogP contribution >= 0.6 is 11.6 Å². The Morgan fingerprint density at radius 2 is 2.00 bits per heavy atom. The van der Waals surface area contributed by atoms with Crippen molar-refractivity contribution < 1.29 is 13.9 Å². The van der Waals surface area contributed by atoms with Crippen LogP contribution in [0.5, 0.6) is 5.75 Å². The van der Waals surface area contributed by atoms with Crippen LogP contribution in [0, 0.1) is 0 Å². The molecule has 6 heteroatoms. The molecule has 1 aromatic heterocycles. The monoisotopic (exact) mass is 328 g/mol. The maximum Gasteiger partial charge on any atom is 0.254 e. The summed E-state index contributed by atoms with van der Waals surface area (Å²) in [6.45, 7) is 0. The quantitative estimate of drug-likeness (QED) is 0.800. The SMILES string of the molecule is COc1cccc2cc(C(N)=O)c(=Nc3cccc(Cl)c3)oc12. The van der Waals surface area contributed by atoms with Crippen LogP contribution in [0.2, 0.25) is 5.02 Å². The van der Waals surface area contributed by atoms with Gasteiger partial charge in [-0.2, -0.15) is 0 Å². The molecule has 0 spiro atoms. The van der Waals surface area contributed by atoms with Crippen LogP contribution in [0.25, 0.3) is 11.0 Å². The van der Waals surface area contributed by atoms with E-state index in [0.717, 1.165) is 0 Å². The average Bonchev–Trinajstić information content (AvgIpc) is 2.53. The first kappa shape index (κ1) is 15.1. The number of primary amides is 1. The van der Waals surface area contributed by atoms with Gasteiger partial charge in [-0.3, -0.25) is 4.79 Å². The fraction of sp³-hybridized carbons (Fsp3) is 0.0588. The minimum atomic E-state index is -0.626. The van der Waals surface area contributed by atoms with Gasteiger partial charge in [-0.05, 0) is 30.3 Å². The van der Waals surface area contributed by atoms with Gasteiger partial charge in [-0.25, -0.2) is 4.99 Å². The first-order valence-corrected chi connectivity index (χ1v) is 7.17. The molecular formula is C17H13ClN2O3. The van der Waals surface area contributed by atoms with Gasteiger partial charge in [-0.15, -0.1) is 0 Å². The van der Waals surface area contributed by atoms with E-state index < -0.39 is 5.91 Å². The molecule has 5 nitrogen and oxygen atoms in total. The Morgan fingerprint density at radius 3 is 2.70 bits per heavy atom. The predicted octanol–water partition coefficient (Wildman–Crippen LogP) is 3.43. The second kappa shape index (κ2) is 6.14. The van der Waals surface area contributed by atoms with Crippen LogP contribution in [0.4, 0.5) is 5.69 Å². The van der Waals surface area contributed by atoms with Crippen molar-refractivity contribution >= 4 is 34.2 Å². The number of methoxy groups -OCH3 is 1. The molecule has 23 heavy (non-hydrogen) atoms. The van der Waals surface area contributed by atoms with Gasteiger partial charge >= 0.3 is 0 Å². The number of amides is 1. The second-order valence-electron chi connectivity index (χ2n) is 4.80. The van der Waals surface area contributed by atoms with Gasteiger partial charge in [-0.1, -0.05) is 29.8 Å². The molecule has 0 saturated carbocycles. The molecule has 0 radical (unpaired) electrons. The highest BCUT2D eigenvalue weighted by Gasteiger charge is 2.12. The summed E-state index contributed by atoms with van der Waals surface area (Å²) in [6, 6.07) is 13.9. The molecule has 1 heterocycles. The number of benzene rings is 2. The molecule has 0 atom stereocenters. The Balaban J connectivity index is 2.33. The Bertz CT molecular complexity index is 963. The second-order valence-corrected chi connectivity index (χ2v) is 5.24. The fourth-order valence-electron chi connectivity index (χ4n) is 2.21. The predicted molar refractivity (Wildman–Crippen MR) is 88.0 cm³/mol. The van der Waals surface area contributed by atoms with Crippen LogP contribution in [0.3, 0.4) is 0 Å². The third-order valence-electron chi connectivity index (χ3n) is 3.26. The summed E-state index contributed by atoms with van der Waals surface area (Å²) in [5, 5.41) is 1.23. The number of carbonyl (C=O) groups excluding carboxylic acids is 1. The molecule has 2 aromatic carbocycles. The largest absolute Gasteiger partial charge is 0.493 e. The summed E-state index contributed by atoms with van der Waals surface area (Å²) in [5.41, 5.74) is 6.78. The summed E-state index contributed by atoms with van der Waals surface area (Å²) in [6.07, 6.45) is 0. The third kappa shape index (κ3) is 3.05. The van der Waals surface area contributed by atoms with Crippen LogP contribution in [-0.2, 0) is 0 Å². The molecule has 3 aromatic rings. The Labute approximate surface area is 137 Å². The van der Waals surface area contributed by atoms with E-state index in [-0.39, 0.29) is 11.1 Å². The highest BCUT2D eigenvalue weighted by Crippen LogP contribution is 2.25. The number of halogens is 1. The van der Waals surface area contributed by atoms with Crippen LogP contribution in [0.15, 0.2) is 57.9 Å². The van der Waals surface area contributed by atoms with E-state index >= 15 is 0 Å². The van der Waals surface area contributed by atoms with Crippen molar-refractivity contribution in [1.29, 1.82) is 0 Å². The number of rotatable bonds is 3. The smallest absolute Gasteiger partial charge is 0.254 e. The molecule has 0 saturated heterocycles. The van der Waals surface area contributed by atoms with Crippen molar-refractivity contribution in [2.75, 3.05) is 7.11 Å². The van der Waals surface area contributed by atoms with Crippen LogP contribution in [-0.4, -0.2) is 13.0 Å². The number of nitrogens with zero attached hydrogens (tertiary/aromatic N) is 1. The number of para-hydroxylation sites is 1. The Hall–Kier alpha value is -2.79. The zero-order valence-electron chi connectivity index (χ0n) is 12.2. The van der Waals surface area contributed by atoms with Gasteiger partial charge in [0.1, 0.15) is 5.56 Å². The molecule has 2 N–H and O–H groups in total. The van der Waals surface area contributed by atoms with Gasteiger partial charge in [0.25, 0.3) is 5.91 Å². The topological polar surface area (TPSA) is 77.8 Å². The Morgan fingerprint density at radius 1 is 1.22 bits per heavy atom. The normalized spacial score (nSPS) is 11.7. The highest BCUT2D eigenvalue weighted by molar-refractivity contribution is 6.30. The highest BCUT2D eigenvalue weighted by atomic mass is 35.5. The molecule has 116 valence electrons. The summed E-state index contributed by atoms with van der Waals surface area (Å²) in [7, 11) is 1.54. The lowest BCUT2D eigenvalue weighted by atomic mass is 10.1. The van der Waals surface area contributed by atoms with E-state index in [4.69, 9.17) is 26.5 Å². The molecule has 0 aliphatic rings. The summed E-state index contributed by atoms with van der Waals surface area (Å²) in [5.74, 6) is -0.0830. The number of ether oxygens (including phenoxy) is 1. The molecular weight excluding hydrogens is 316 g/mol. The van der Waals surface area contributed by atoms with E-state index in [2.05, 4.69) is 4.99 Å². The lowest BCUT2D eigenvalue weighted by Gasteiger charge is -2.06. The van der Waals surface area contributed by atoms with Crippen molar-refractivity contribution in [3.8, 4) is 5.75 Å². The van der Waals surface area contributed by atoms with Gasteiger partial charge in [0.2, 0.25) is 5.55 Å². The van der Waals surface area contributed by atoms with E-state index in [1.165, 1.54) is 0 Å². The van der Waals surface area contributed by atoms with Crippen LogP contribution < -0.4 is 16.0 Å². The lowest BCUT2D eigenvalue weighted by Crippen LogP contribution is -2.21. The molecule has 3 rings (SSSR count). The maximum absolute atomic E-state index is 11.7. The number of fused-ring (bicyclic) bond motifs is 1. The van der Waals surface area contributed by atoms with Crippen molar-refractivity contribution in [3.63, 3.8) is 0 Å². The average molecular weight is 329 g/mol. The van der Waals surface area contributed by atoms with Crippen molar-refractivity contribution in [2.24, 2.45) is 10.7 Å². The molecule has 0 bridgehead atoms. The molecule has 0 aliphatic heterocycles. The van der Waals surface area contributed by atoms with E-state index in [0.29, 0.717) is 27.4 Å². The zero-order chi connectivity index (χ0) is 16.4. The van der Waals surface area contributed by atoms with Crippen molar-refractivity contribution in [2.45, 2.75) is 0 Å². The summed E-state index contributed by atoms with van der Waals surface area (Å²) >= 11 is 5.95.